The normalized spacial score (nSPS) is 13.0. The molecule has 0 aliphatic carbocycles. The van der Waals surface area contributed by atoms with Crippen LogP contribution in [0.15, 0.2) is 42.5 Å². The molecule has 0 atom stereocenters. The van der Waals surface area contributed by atoms with E-state index < -0.39 is 5.97 Å². The fourth-order valence-electron chi connectivity index (χ4n) is 3.20. The number of aromatic carboxylic acids is 1. The number of amides is 2. The number of carbonyl (C=O) groups excluding carboxylic acids is 1. The number of fused-ring (bicyclic) bond motifs is 2. The number of halogens is 1. The van der Waals surface area contributed by atoms with Gasteiger partial charge in [-0.15, -0.1) is 11.3 Å². The molecule has 1 aliphatic rings. The smallest absolute Gasteiger partial charge is 0.356 e. The molecule has 0 unspecified atom stereocenters. The molecule has 1 aliphatic heterocycles. The van der Waals surface area contributed by atoms with Crippen LogP contribution in [0.25, 0.3) is 20.8 Å². The standard InChI is InChI=1S/C20H13ClN4O4S2/c21-16-15(18(26)27)23-17(31-16)10-5-6-13-12(9-10)25(7-8-29-13)20(28)24-19-22-11-3-1-2-4-14(11)30-19/h1-6,9H,7-8H2,(H,26,27)(H,22,24,28). The van der Waals surface area contributed by atoms with Crippen molar-refractivity contribution in [2.75, 3.05) is 23.4 Å². The number of ether oxygens (including phenoxy) is 1. The van der Waals surface area contributed by atoms with Crippen LogP contribution in [0.3, 0.4) is 0 Å². The molecule has 156 valence electrons. The van der Waals surface area contributed by atoms with Crippen molar-refractivity contribution in [1.29, 1.82) is 0 Å². The van der Waals surface area contributed by atoms with Crippen LogP contribution < -0.4 is 15.0 Å². The van der Waals surface area contributed by atoms with Crippen molar-refractivity contribution in [3.8, 4) is 16.3 Å². The van der Waals surface area contributed by atoms with Crippen LogP contribution in [0.4, 0.5) is 15.6 Å². The molecule has 0 radical (unpaired) electrons. The minimum absolute atomic E-state index is 0.0990. The minimum Gasteiger partial charge on any atom is -0.490 e. The number of aromatic nitrogens is 2. The molecule has 0 spiro atoms. The number of carboxylic acid groups (broad SMARTS) is 1. The number of nitrogens with one attached hydrogen (secondary N) is 1. The Kier molecular flexibility index (Phi) is 4.97. The monoisotopic (exact) mass is 472 g/mol. The van der Waals surface area contributed by atoms with Gasteiger partial charge < -0.3 is 9.84 Å². The Bertz CT molecular complexity index is 1300. The number of hydrogen-bond donors (Lipinski definition) is 2. The van der Waals surface area contributed by atoms with Crippen molar-refractivity contribution in [2.45, 2.75) is 0 Å². The third-order valence-electron chi connectivity index (χ3n) is 4.61. The molecule has 0 bridgehead atoms. The molecule has 4 aromatic rings. The number of rotatable bonds is 3. The molecule has 0 saturated heterocycles. The van der Waals surface area contributed by atoms with Crippen molar-refractivity contribution in [1.82, 2.24) is 9.97 Å². The number of thiazole rings is 2. The Morgan fingerprint density at radius 2 is 2.00 bits per heavy atom. The van der Waals surface area contributed by atoms with Crippen molar-refractivity contribution in [3.05, 3.63) is 52.5 Å². The molecular formula is C20H13ClN4O4S2. The summed E-state index contributed by atoms with van der Waals surface area (Å²) in [5.74, 6) is -0.638. The average Bonchev–Trinajstić information content (AvgIpc) is 3.35. The van der Waals surface area contributed by atoms with Crippen LogP contribution in [-0.4, -0.2) is 40.2 Å². The van der Waals surface area contributed by atoms with E-state index in [4.69, 9.17) is 16.3 Å². The summed E-state index contributed by atoms with van der Waals surface area (Å²) in [6, 6.07) is 12.6. The summed E-state index contributed by atoms with van der Waals surface area (Å²) in [5, 5.41) is 13.0. The first-order valence-corrected chi connectivity index (χ1v) is 11.1. The van der Waals surface area contributed by atoms with Crippen LogP contribution in [0.5, 0.6) is 5.75 Å². The third-order valence-corrected chi connectivity index (χ3v) is 6.87. The number of anilines is 2. The van der Waals surface area contributed by atoms with Crippen molar-refractivity contribution < 1.29 is 19.4 Å². The van der Waals surface area contributed by atoms with Crippen molar-refractivity contribution in [3.63, 3.8) is 0 Å². The molecule has 8 nitrogen and oxygen atoms in total. The van der Waals surface area contributed by atoms with E-state index in [1.807, 2.05) is 24.3 Å². The lowest BCUT2D eigenvalue weighted by atomic mass is 10.1. The van der Waals surface area contributed by atoms with Crippen molar-refractivity contribution >= 4 is 67.3 Å². The Hall–Kier alpha value is -3.21. The molecule has 3 heterocycles. The first-order chi connectivity index (χ1) is 15.0. The van der Waals surface area contributed by atoms with Crippen LogP contribution >= 0.6 is 34.3 Å². The molecule has 31 heavy (non-hydrogen) atoms. The summed E-state index contributed by atoms with van der Waals surface area (Å²) in [7, 11) is 0. The summed E-state index contributed by atoms with van der Waals surface area (Å²) in [6.45, 7) is 0.706. The second-order valence-electron chi connectivity index (χ2n) is 6.55. The van der Waals surface area contributed by atoms with E-state index in [0.29, 0.717) is 40.3 Å². The average molecular weight is 473 g/mol. The molecule has 11 heteroatoms. The lowest BCUT2D eigenvalue weighted by molar-refractivity contribution is 0.0691. The summed E-state index contributed by atoms with van der Waals surface area (Å²) in [6.07, 6.45) is 0. The lowest BCUT2D eigenvalue weighted by Crippen LogP contribution is -2.40. The topological polar surface area (TPSA) is 105 Å². The van der Waals surface area contributed by atoms with Gasteiger partial charge in [0.2, 0.25) is 0 Å². The molecule has 2 aromatic heterocycles. The molecular weight excluding hydrogens is 460 g/mol. The summed E-state index contributed by atoms with van der Waals surface area (Å²) in [4.78, 5) is 34.4. The second-order valence-corrected chi connectivity index (χ2v) is 9.18. The molecule has 0 fully saturated rings. The maximum Gasteiger partial charge on any atom is 0.356 e. The number of urea groups is 1. The zero-order chi connectivity index (χ0) is 21.5. The second kappa shape index (κ2) is 7.80. The summed E-state index contributed by atoms with van der Waals surface area (Å²) < 4.78 is 6.77. The van der Waals surface area contributed by atoms with Gasteiger partial charge >= 0.3 is 12.0 Å². The van der Waals surface area contributed by atoms with Gasteiger partial charge in [-0.05, 0) is 30.3 Å². The predicted octanol–water partition coefficient (Wildman–Crippen LogP) is 5.20. The highest BCUT2D eigenvalue weighted by atomic mass is 35.5. The SMILES string of the molecule is O=C(O)c1nc(-c2ccc3c(c2)N(C(=O)Nc2nc4ccccc4s2)CCO3)sc1Cl. The van der Waals surface area contributed by atoms with Gasteiger partial charge in [0.15, 0.2) is 10.8 Å². The Morgan fingerprint density at radius 3 is 2.77 bits per heavy atom. The molecule has 0 saturated carbocycles. The van der Waals surface area contributed by atoms with Crippen molar-refractivity contribution in [2.24, 2.45) is 0 Å². The minimum atomic E-state index is -1.19. The van der Waals surface area contributed by atoms with E-state index in [1.54, 1.807) is 23.1 Å². The van der Waals surface area contributed by atoms with E-state index in [9.17, 15) is 14.7 Å². The van der Waals surface area contributed by atoms with Gasteiger partial charge in [-0.25, -0.2) is 19.6 Å². The van der Waals surface area contributed by atoms with Gasteiger partial charge in [-0.2, -0.15) is 0 Å². The van der Waals surface area contributed by atoms with Gasteiger partial charge in [0.1, 0.15) is 21.7 Å². The maximum atomic E-state index is 13.0. The fourth-order valence-corrected chi connectivity index (χ4v) is 5.18. The van der Waals surface area contributed by atoms with Crippen LogP contribution in [0.1, 0.15) is 10.5 Å². The Balaban J connectivity index is 1.45. The summed E-state index contributed by atoms with van der Waals surface area (Å²) >= 11 is 8.47. The predicted molar refractivity (Wildman–Crippen MR) is 121 cm³/mol. The maximum absolute atomic E-state index is 13.0. The van der Waals surface area contributed by atoms with Crippen LogP contribution in [0, 0.1) is 0 Å². The third kappa shape index (κ3) is 3.69. The highest BCUT2D eigenvalue weighted by Crippen LogP contribution is 2.39. The van der Waals surface area contributed by atoms with Crippen LogP contribution in [-0.2, 0) is 0 Å². The number of para-hydroxylation sites is 1. The Labute approximate surface area is 188 Å². The fraction of sp³-hybridized carbons (Fsp3) is 0.100. The number of nitrogens with zero attached hydrogens (tertiary/aromatic N) is 3. The Morgan fingerprint density at radius 1 is 1.16 bits per heavy atom. The van der Waals surface area contributed by atoms with E-state index >= 15 is 0 Å². The lowest BCUT2D eigenvalue weighted by Gasteiger charge is -2.29. The zero-order valence-corrected chi connectivity index (χ0v) is 18.1. The largest absolute Gasteiger partial charge is 0.490 e. The number of hydrogen-bond acceptors (Lipinski definition) is 7. The highest BCUT2D eigenvalue weighted by Gasteiger charge is 2.26. The van der Waals surface area contributed by atoms with Gasteiger partial charge in [-0.3, -0.25) is 10.2 Å². The molecule has 2 aromatic carbocycles. The van der Waals surface area contributed by atoms with Gasteiger partial charge in [0.25, 0.3) is 0 Å². The number of carboxylic acids is 1. The first kappa shape index (κ1) is 19.7. The first-order valence-electron chi connectivity index (χ1n) is 9.10. The molecule has 2 N–H and O–H groups in total. The van der Waals surface area contributed by atoms with Gasteiger partial charge in [-0.1, -0.05) is 35.1 Å². The summed E-state index contributed by atoms with van der Waals surface area (Å²) in [5.41, 5.74) is 1.83. The number of benzene rings is 2. The zero-order valence-electron chi connectivity index (χ0n) is 15.7. The molecule has 5 rings (SSSR count). The highest BCUT2D eigenvalue weighted by molar-refractivity contribution is 7.22. The number of carbonyl (C=O) groups is 2. The van der Waals surface area contributed by atoms with E-state index in [-0.39, 0.29) is 16.1 Å². The molecule has 2 amide bonds. The quantitative estimate of drug-likeness (QED) is 0.424. The van der Waals surface area contributed by atoms with Crippen LogP contribution in [0.2, 0.25) is 4.34 Å². The van der Waals surface area contributed by atoms with E-state index in [1.165, 1.54) is 11.3 Å². The van der Waals surface area contributed by atoms with Gasteiger partial charge in [0, 0.05) is 5.56 Å². The van der Waals surface area contributed by atoms with Gasteiger partial charge in [0.05, 0.1) is 22.4 Å². The van der Waals surface area contributed by atoms with E-state index in [0.717, 1.165) is 21.6 Å². The van der Waals surface area contributed by atoms with E-state index in [2.05, 4.69) is 15.3 Å².